The first kappa shape index (κ1) is 15.2. The van der Waals surface area contributed by atoms with E-state index < -0.39 is 11.9 Å². The van der Waals surface area contributed by atoms with E-state index in [0.29, 0.717) is 28.9 Å². The normalized spacial score (nSPS) is 17.7. The predicted molar refractivity (Wildman–Crippen MR) is 83.9 cm³/mol. The van der Waals surface area contributed by atoms with Gasteiger partial charge in [-0.1, -0.05) is 11.3 Å². The molecule has 2 N–H and O–H groups in total. The molecule has 120 valence electrons. The quantitative estimate of drug-likeness (QED) is 0.887. The van der Waals surface area contributed by atoms with Gasteiger partial charge in [0.25, 0.3) is 0 Å². The van der Waals surface area contributed by atoms with Gasteiger partial charge in [-0.2, -0.15) is 0 Å². The number of carboxylic acids is 1. The highest BCUT2D eigenvalue weighted by Crippen LogP contribution is 2.21. The number of urea groups is 1. The molecule has 3 rings (SSSR count). The van der Waals surface area contributed by atoms with Gasteiger partial charge < -0.3 is 14.4 Å². The van der Waals surface area contributed by atoms with Crippen LogP contribution in [-0.2, 0) is 4.79 Å². The number of nitrogens with one attached hydrogen (secondary N) is 1. The number of aliphatic carboxylic acids is 1. The van der Waals surface area contributed by atoms with Crippen molar-refractivity contribution in [2.45, 2.75) is 6.42 Å². The van der Waals surface area contributed by atoms with Gasteiger partial charge in [0.2, 0.25) is 5.13 Å². The Morgan fingerprint density at radius 3 is 3.00 bits per heavy atom. The molecular formula is C14H14N4O4S. The lowest BCUT2D eigenvalue weighted by Gasteiger charge is -2.14. The maximum Gasteiger partial charge on any atom is 0.323 e. The van der Waals surface area contributed by atoms with E-state index in [1.165, 1.54) is 16.2 Å². The summed E-state index contributed by atoms with van der Waals surface area (Å²) in [6, 6.07) is 3.24. The molecule has 1 fully saturated rings. The van der Waals surface area contributed by atoms with Gasteiger partial charge in [-0.3, -0.25) is 10.1 Å². The van der Waals surface area contributed by atoms with Crippen LogP contribution < -0.4 is 5.32 Å². The van der Waals surface area contributed by atoms with Crippen LogP contribution in [0.5, 0.6) is 0 Å². The van der Waals surface area contributed by atoms with Gasteiger partial charge in [0.05, 0.1) is 12.2 Å². The average Bonchev–Trinajstić information content (AvgIpc) is 3.26. The van der Waals surface area contributed by atoms with Crippen molar-refractivity contribution in [1.82, 2.24) is 15.1 Å². The number of carbonyl (C=O) groups excluding carboxylic acids is 1. The van der Waals surface area contributed by atoms with Crippen LogP contribution in [0.3, 0.4) is 0 Å². The molecule has 0 aromatic carbocycles. The number of rotatable bonds is 4. The van der Waals surface area contributed by atoms with E-state index in [2.05, 4.69) is 15.5 Å². The molecule has 0 bridgehead atoms. The number of carboxylic acid groups (broad SMARTS) is 1. The van der Waals surface area contributed by atoms with Gasteiger partial charge in [0.1, 0.15) is 10.8 Å². The molecule has 1 saturated heterocycles. The molecular weight excluding hydrogens is 320 g/mol. The SMILES string of the molecule is O=C(O)C1CCN(C(=O)Nc2nnc(/C=C/c3ccco3)s2)C1. The monoisotopic (exact) mass is 334 g/mol. The number of likely N-dealkylation sites (tertiary alicyclic amines) is 1. The first-order chi connectivity index (χ1) is 11.1. The highest BCUT2D eigenvalue weighted by atomic mass is 32.1. The number of anilines is 1. The molecule has 0 saturated carbocycles. The number of carbonyl (C=O) groups is 2. The molecule has 0 spiro atoms. The third-order valence-electron chi connectivity index (χ3n) is 3.41. The number of nitrogens with zero attached hydrogens (tertiary/aromatic N) is 3. The van der Waals surface area contributed by atoms with Gasteiger partial charge in [-0.25, -0.2) is 4.79 Å². The Kier molecular flexibility index (Phi) is 4.38. The summed E-state index contributed by atoms with van der Waals surface area (Å²) < 4.78 is 5.17. The molecule has 1 aliphatic heterocycles. The zero-order chi connectivity index (χ0) is 16.2. The zero-order valence-electron chi connectivity index (χ0n) is 12.0. The summed E-state index contributed by atoms with van der Waals surface area (Å²) in [4.78, 5) is 24.4. The van der Waals surface area contributed by atoms with Crippen LogP contribution in [0.2, 0.25) is 0 Å². The van der Waals surface area contributed by atoms with Gasteiger partial charge in [0.15, 0.2) is 0 Å². The minimum Gasteiger partial charge on any atom is -0.481 e. The molecule has 9 heteroatoms. The van der Waals surface area contributed by atoms with Crippen LogP contribution in [0.15, 0.2) is 22.8 Å². The third kappa shape index (κ3) is 3.75. The van der Waals surface area contributed by atoms with Crippen molar-refractivity contribution >= 4 is 40.6 Å². The lowest BCUT2D eigenvalue weighted by molar-refractivity contribution is -0.141. The van der Waals surface area contributed by atoms with E-state index in [4.69, 9.17) is 9.52 Å². The molecule has 1 atom stereocenters. The van der Waals surface area contributed by atoms with Crippen molar-refractivity contribution in [1.29, 1.82) is 0 Å². The van der Waals surface area contributed by atoms with Crippen molar-refractivity contribution in [3.8, 4) is 0 Å². The second kappa shape index (κ2) is 6.61. The zero-order valence-corrected chi connectivity index (χ0v) is 12.8. The van der Waals surface area contributed by atoms with Crippen LogP contribution in [-0.4, -0.2) is 45.3 Å². The van der Waals surface area contributed by atoms with Crippen molar-refractivity contribution in [3.63, 3.8) is 0 Å². The second-order valence-electron chi connectivity index (χ2n) is 4.99. The van der Waals surface area contributed by atoms with Crippen LogP contribution in [0.4, 0.5) is 9.93 Å². The minimum atomic E-state index is -0.874. The fourth-order valence-corrected chi connectivity index (χ4v) is 2.84. The van der Waals surface area contributed by atoms with Crippen molar-refractivity contribution in [2.24, 2.45) is 5.92 Å². The molecule has 1 aliphatic rings. The smallest absolute Gasteiger partial charge is 0.323 e. The molecule has 8 nitrogen and oxygen atoms in total. The van der Waals surface area contributed by atoms with Crippen LogP contribution in [0.1, 0.15) is 17.2 Å². The number of amides is 2. The Bertz CT molecular complexity index is 725. The largest absolute Gasteiger partial charge is 0.481 e. The maximum absolute atomic E-state index is 12.1. The molecule has 2 amide bonds. The summed E-state index contributed by atoms with van der Waals surface area (Å²) in [5.74, 6) is -0.675. The van der Waals surface area contributed by atoms with Gasteiger partial charge in [-0.05, 0) is 30.7 Å². The minimum absolute atomic E-state index is 0.214. The average molecular weight is 334 g/mol. The maximum atomic E-state index is 12.1. The molecule has 0 radical (unpaired) electrons. The fourth-order valence-electron chi connectivity index (χ4n) is 2.21. The van der Waals surface area contributed by atoms with Crippen LogP contribution in [0, 0.1) is 5.92 Å². The van der Waals surface area contributed by atoms with Crippen molar-refractivity contribution < 1.29 is 19.1 Å². The molecule has 23 heavy (non-hydrogen) atoms. The summed E-state index contributed by atoms with van der Waals surface area (Å²) in [5.41, 5.74) is 0. The highest BCUT2D eigenvalue weighted by Gasteiger charge is 2.31. The summed E-state index contributed by atoms with van der Waals surface area (Å²) in [6.45, 7) is 0.637. The Morgan fingerprint density at radius 1 is 1.43 bits per heavy atom. The van der Waals surface area contributed by atoms with E-state index in [-0.39, 0.29) is 12.6 Å². The van der Waals surface area contributed by atoms with E-state index in [1.807, 2.05) is 6.07 Å². The number of hydrogen-bond acceptors (Lipinski definition) is 6. The Labute approximate surface area is 135 Å². The predicted octanol–water partition coefficient (Wildman–Crippen LogP) is 2.24. The van der Waals surface area contributed by atoms with Crippen LogP contribution in [0.25, 0.3) is 12.2 Å². The van der Waals surface area contributed by atoms with E-state index in [1.54, 1.807) is 24.5 Å². The lowest BCUT2D eigenvalue weighted by atomic mass is 10.1. The summed E-state index contributed by atoms with van der Waals surface area (Å²) >= 11 is 1.22. The number of aromatic nitrogens is 2. The summed E-state index contributed by atoms with van der Waals surface area (Å²) in [6.07, 6.45) is 5.54. The Hall–Kier alpha value is -2.68. The standard InChI is InChI=1S/C14H14N4O4S/c19-12(20)9-5-6-18(8-9)14(21)15-13-17-16-11(23-13)4-3-10-2-1-7-22-10/h1-4,7,9H,5-6,8H2,(H,19,20)(H,15,17,21)/b4-3+. The first-order valence-corrected chi connectivity index (χ1v) is 7.77. The first-order valence-electron chi connectivity index (χ1n) is 6.95. The fraction of sp³-hybridized carbons (Fsp3) is 0.286. The highest BCUT2D eigenvalue weighted by molar-refractivity contribution is 7.16. The van der Waals surface area contributed by atoms with Crippen LogP contribution >= 0.6 is 11.3 Å². The number of furan rings is 1. The molecule has 1 unspecified atom stereocenters. The second-order valence-corrected chi connectivity index (χ2v) is 6.00. The van der Waals surface area contributed by atoms with E-state index >= 15 is 0 Å². The third-order valence-corrected chi connectivity index (χ3v) is 4.22. The topological polar surface area (TPSA) is 109 Å². The van der Waals surface area contributed by atoms with Crippen molar-refractivity contribution in [2.75, 3.05) is 18.4 Å². The van der Waals surface area contributed by atoms with Gasteiger partial charge in [-0.15, -0.1) is 10.2 Å². The molecule has 2 aromatic rings. The van der Waals surface area contributed by atoms with Crippen molar-refractivity contribution in [3.05, 3.63) is 29.2 Å². The Morgan fingerprint density at radius 2 is 2.30 bits per heavy atom. The van der Waals surface area contributed by atoms with E-state index in [0.717, 1.165) is 0 Å². The summed E-state index contributed by atoms with van der Waals surface area (Å²) in [5, 5.41) is 20.4. The lowest BCUT2D eigenvalue weighted by Crippen LogP contribution is -2.33. The van der Waals surface area contributed by atoms with Gasteiger partial charge >= 0.3 is 12.0 Å². The molecule has 2 aromatic heterocycles. The molecule has 0 aliphatic carbocycles. The van der Waals surface area contributed by atoms with E-state index in [9.17, 15) is 9.59 Å². The summed E-state index contributed by atoms with van der Waals surface area (Å²) in [7, 11) is 0. The Balaban J connectivity index is 1.56. The molecule has 3 heterocycles. The van der Waals surface area contributed by atoms with Gasteiger partial charge in [0, 0.05) is 13.1 Å². The number of hydrogen-bond donors (Lipinski definition) is 2.